The average molecular weight is 554 g/mol. The van der Waals surface area contributed by atoms with Crippen molar-refractivity contribution in [3.05, 3.63) is 95.1 Å². The van der Waals surface area contributed by atoms with Crippen LogP contribution in [0.25, 0.3) is 10.9 Å². The Labute approximate surface area is 235 Å². The van der Waals surface area contributed by atoms with Crippen molar-refractivity contribution in [3.63, 3.8) is 0 Å². The van der Waals surface area contributed by atoms with Crippen LogP contribution in [0.3, 0.4) is 0 Å². The summed E-state index contributed by atoms with van der Waals surface area (Å²) in [6.45, 7) is 2.87. The van der Waals surface area contributed by atoms with Crippen molar-refractivity contribution in [2.24, 2.45) is 5.41 Å². The van der Waals surface area contributed by atoms with Gasteiger partial charge >= 0.3 is 0 Å². The van der Waals surface area contributed by atoms with Crippen molar-refractivity contribution >= 4 is 28.4 Å². The topological polar surface area (TPSA) is 107 Å². The number of carbonyl (C=O) groups excluding carboxylic acids is 3. The highest BCUT2D eigenvalue weighted by molar-refractivity contribution is 6.11. The van der Waals surface area contributed by atoms with Crippen LogP contribution < -0.4 is 10.1 Å². The minimum Gasteiger partial charge on any atom is -0.438 e. The van der Waals surface area contributed by atoms with Gasteiger partial charge in [0.05, 0.1) is 35.6 Å². The maximum atomic E-state index is 13.2. The molecule has 0 bridgehead atoms. The highest BCUT2D eigenvalue weighted by atomic mass is 19.1. The molecule has 1 saturated carbocycles. The van der Waals surface area contributed by atoms with Gasteiger partial charge in [-0.25, -0.2) is 14.4 Å². The molecule has 9 heteroatoms. The molecule has 0 unspecified atom stereocenters. The molecule has 1 aliphatic carbocycles. The van der Waals surface area contributed by atoms with Crippen molar-refractivity contribution in [2.75, 3.05) is 13.2 Å². The third kappa shape index (κ3) is 5.58. The molecular formula is C32H28FN3O5. The monoisotopic (exact) mass is 553 g/mol. The molecule has 3 aromatic carbocycles. The molecule has 1 saturated heterocycles. The molecule has 1 aliphatic heterocycles. The second kappa shape index (κ2) is 10.8. The third-order valence-electron chi connectivity index (χ3n) is 7.76. The molecule has 0 spiro atoms. The van der Waals surface area contributed by atoms with E-state index < -0.39 is 5.41 Å². The summed E-state index contributed by atoms with van der Waals surface area (Å²) in [6, 6.07) is 16.4. The fourth-order valence-corrected chi connectivity index (χ4v) is 5.03. The Bertz CT molecular complexity index is 1650. The van der Waals surface area contributed by atoms with Crippen LogP contribution in [0.4, 0.5) is 4.39 Å². The Balaban J connectivity index is 1.14. The first-order chi connectivity index (χ1) is 19.8. The molecule has 1 N–H and O–H groups in total. The molecular weight excluding hydrogens is 525 g/mol. The number of ketones is 2. The minimum atomic E-state index is -0.947. The van der Waals surface area contributed by atoms with E-state index in [9.17, 15) is 18.8 Å². The summed E-state index contributed by atoms with van der Waals surface area (Å²) in [6.07, 6.45) is 2.75. The zero-order valence-electron chi connectivity index (χ0n) is 22.5. The summed E-state index contributed by atoms with van der Waals surface area (Å²) >= 11 is 0. The molecule has 8 nitrogen and oxygen atoms in total. The van der Waals surface area contributed by atoms with Crippen LogP contribution in [0, 0.1) is 18.2 Å². The smallest absolute Gasteiger partial charge is 0.251 e. The number of halogens is 1. The molecule has 6 rings (SSSR count). The number of rotatable bonds is 10. The standard InChI is InChI=1S/C32H28FN3O5/c1-19-12-27-26(15-25(19)30(39)36-23-16-40-17-23)31(35-18-34-27)41-24-8-4-21(5-9-24)14-29(38)32(10-11-32)28(37)13-20-2-6-22(33)7-3-20/h2-9,12,15,18,23H,10-11,13-14,16-17H2,1H3,(H,36,39). The Morgan fingerprint density at radius 2 is 1.59 bits per heavy atom. The van der Waals surface area contributed by atoms with E-state index in [1.165, 1.54) is 18.5 Å². The van der Waals surface area contributed by atoms with Crippen molar-refractivity contribution in [2.45, 2.75) is 38.6 Å². The van der Waals surface area contributed by atoms with E-state index in [-0.39, 0.29) is 42.2 Å². The predicted octanol–water partition coefficient (Wildman–Crippen LogP) is 4.70. The van der Waals surface area contributed by atoms with Crippen LogP contribution in [0.1, 0.15) is 39.9 Å². The Kier molecular flexibility index (Phi) is 7.05. The third-order valence-corrected chi connectivity index (χ3v) is 7.76. The second-order valence-electron chi connectivity index (χ2n) is 10.7. The lowest BCUT2D eigenvalue weighted by Crippen LogP contribution is -2.48. The van der Waals surface area contributed by atoms with Crippen LogP contribution in [-0.2, 0) is 27.2 Å². The molecule has 2 aliphatic rings. The predicted molar refractivity (Wildman–Crippen MR) is 148 cm³/mol. The summed E-state index contributed by atoms with van der Waals surface area (Å²) in [4.78, 5) is 47.5. The molecule has 208 valence electrons. The van der Waals surface area contributed by atoms with Crippen molar-refractivity contribution in [1.82, 2.24) is 15.3 Å². The maximum Gasteiger partial charge on any atom is 0.251 e. The van der Waals surface area contributed by atoms with E-state index in [1.54, 1.807) is 42.5 Å². The van der Waals surface area contributed by atoms with Gasteiger partial charge in [-0.15, -0.1) is 0 Å². The van der Waals surface area contributed by atoms with Crippen LogP contribution in [0.15, 0.2) is 67.0 Å². The Morgan fingerprint density at radius 1 is 0.951 bits per heavy atom. The average Bonchev–Trinajstić information content (AvgIpc) is 3.75. The summed E-state index contributed by atoms with van der Waals surface area (Å²) < 4.78 is 24.4. The van der Waals surface area contributed by atoms with Gasteiger partial charge in [0.2, 0.25) is 5.88 Å². The van der Waals surface area contributed by atoms with Gasteiger partial charge in [-0.05, 0) is 72.9 Å². The second-order valence-corrected chi connectivity index (χ2v) is 10.7. The van der Waals surface area contributed by atoms with E-state index >= 15 is 0 Å². The number of carbonyl (C=O) groups is 3. The van der Waals surface area contributed by atoms with Gasteiger partial charge in [0, 0.05) is 18.4 Å². The van der Waals surface area contributed by atoms with E-state index in [2.05, 4.69) is 15.3 Å². The number of Topliss-reactive ketones (excluding diaryl/α,β-unsaturated/α-hetero) is 2. The van der Waals surface area contributed by atoms with E-state index in [0.29, 0.717) is 59.7 Å². The molecule has 1 aromatic heterocycles. The van der Waals surface area contributed by atoms with E-state index in [4.69, 9.17) is 9.47 Å². The minimum absolute atomic E-state index is 0.00783. The van der Waals surface area contributed by atoms with Gasteiger partial charge in [0.15, 0.2) is 11.6 Å². The fourth-order valence-electron chi connectivity index (χ4n) is 5.03. The lowest BCUT2D eigenvalue weighted by molar-refractivity contribution is -0.133. The number of nitrogens with one attached hydrogen (secondary N) is 1. The number of ether oxygens (including phenoxy) is 2. The highest BCUT2D eigenvalue weighted by Crippen LogP contribution is 2.48. The number of nitrogens with zero attached hydrogens (tertiary/aromatic N) is 2. The number of hydrogen-bond acceptors (Lipinski definition) is 7. The first-order valence-electron chi connectivity index (χ1n) is 13.5. The molecule has 2 heterocycles. The lowest BCUT2D eigenvalue weighted by atomic mass is 9.88. The van der Waals surface area contributed by atoms with Crippen LogP contribution in [-0.4, -0.2) is 46.7 Å². The molecule has 4 aromatic rings. The molecule has 0 radical (unpaired) electrons. The maximum absolute atomic E-state index is 13.2. The Morgan fingerprint density at radius 3 is 2.17 bits per heavy atom. The highest BCUT2D eigenvalue weighted by Gasteiger charge is 2.54. The number of aromatic nitrogens is 2. The van der Waals surface area contributed by atoms with Crippen molar-refractivity contribution < 1.29 is 28.2 Å². The molecule has 1 amide bonds. The van der Waals surface area contributed by atoms with Gasteiger partial charge in [-0.2, -0.15) is 0 Å². The van der Waals surface area contributed by atoms with Crippen molar-refractivity contribution in [1.29, 1.82) is 0 Å². The summed E-state index contributed by atoms with van der Waals surface area (Å²) in [5, 5.41) is 3.56. The van der Waals surface area contributed by atoms with Gasteiger partial charge in [0.25, 0.3) is 5.91 Å². The zero-order chi connectivity index (χ0) is 28.6. The van der Waals surface area contributed by atoms with Gasteiger partial charge < -0.3 is 14.8 Å². The summed E-state index contributed by atoms with van der Waals surface area (Å²) in [7, 11) is 0. The van der Waals surface area contributed by atoms with E-state index in [1.807, 2.05) is 13.0 Å². The number of hydrogen-bond donors (Lipinski definition) is 1. The number of fused-ring (bicyclic) bond motifs is 1. The molecule has 2 fully saturated rings. The van der Waals surface area contributed by atoms with Crippen LogP contribution >= 0.6 is 0 Å². The summed E-state index contributed by atoms with van der Waals surface area (Å²) in [5.41, 5.74) is 2.48. The zero-order valence-corrected chi connectivity index (χ0v) is 22.5. The molecule has 41 heavy (non-hydrogen) atoms. The summed E-state index contributed by atoms with van der Waals surface area (Å²) in [5.74, 6) is 0.0482. The van der Waals surface area contributed by atoms with Crippen LogP contribution in [0.5, 0.6) is 11.6 Å². The molecule has 0 atom stereocenters. The SMILES string of the molecule is Cc1cc2ncnc(Oc3ccc(CC(=O)C4(C(=O)Cc5ccc(F)cc5)CC4)cc3)c2cc1C(=O)NC1COC1. The largest absolute Gasteiger partial charge is 0.438 e. The van der Waals surface area contributed by atoms with Crippen molar-refractivity contribution in [3.8, 4) is 11.6 Å². The van der Waals surface area contributed by atoms with Gasteiger partial charge in [-0.3, -0.25) is 14.4 Å². The first-order valence-corrected chi connectivity index (χ1v) is 13.5. The van der Waals surface area contributed by atoms with Gasteiger partial charge in [0.1, 0.15) is 17.9 Å². The number of amides is 1. The lowest BCUT2D eigenvalue weighted by Gasteiger charge is -2.27. The number of aryl methyl sites for hydroxylation is 1. The fraction of sp³-hybridized carbons (Fsp3) is 0.281. The van der Waals surface area contributed by atoms with Crippen LogP contribution in [0.2, 0.25) is 0 Å². The normalized spacial score (nSPS) is 15.7. The van der Waals surface area contributed by atoms with E-state index in [0.717, 1.165) is 11.1 Å². The van der Waals surface area contributed by atoms with Gasteiger partial charge in [-0.1, -0.05) is 24.3 Å². The number of benzene rings is 3. The first kappa shape index (κ1) is 26.7. The quantitative estimate of drug-likeness (QED) is 0.284. The Hall–Kier alpha value is -4.50.